The summed E-state index contributed by atoms with van der Waals surface area (Å²) in [6.45, 7) is 1.99. The number of hydrogen-bond acceptors (Lipinski definition) is 7. The Hall–Kier alpha value is -3.62. The molecule has 0 aliphatic heterocycles. The minimum atomic E-state index is -0.917. The van der Waals surface area contributed by atoms with Crippen LogP contribution in [0, 0.1) is 0 Å². The molecule has 2 aromatic carbocycles. The number of aromatic nitrogens is 2. The smallest absolute Gasteiger partial charge is 0.262 e. The summed E-state index contributed by atoms with van der Waals surface area (Å²) in [5.41, 5.74) is 2.50. The van der Waals surface area contributed by atoms with Crippen molar-refractivity contribution in [3.63, 3.8) is 0 Å². The Kier molecular flexibility index (Phi) is 7.30. The average Bonchev–Trinajstić information content (AvgIpc) is 3.30. The summed E-state index contributed by atoms with van der Waals surface area (Å²) in [6, 6.07) is 13.1. The molecule has 1 atom stereocenters. The van der Waals surface area contributed by atoms with E-state index in [4.69, 9.17) is 14.2 Å². The lowest BCUT2D eigenvalue weighted by molar-refractivity contribution is 0.0900. The summed E-state index contributed by atoms with van der Waals surface area (Å²) in [6.07, 6.45) is 4.45. The largest absolute Gasteiger partial charge is 0.497 e. The zero-order valence-electron chi connectivity index (χ0n) is 19.2. The van der Waals surface area contributed by atoms with Crippen LogP contribution < -0.4 is 19.8 Å². The number of rotatable bonds is 9. The summed E-state index contributed by atoms with van der Waals surface area (Å²) in [4.78, 5) is 18.3. The number of ether oxygens (including phenoxy) is 3. The molecular weight excluding hydrogens is 452 g/mol. The van der Waals surface area contributed by atoms with Crippen LogP contribution in [0.1, 0.15) is 12.5 Å². The maximum absolute atomic E-state index is 13.2. The normalized spacial score (nSPS) is 12.2. The quantitative estimate of drug-likeness (QED) is 0.378. The monoisotopic (exact) mass is 478 g/mol. The topological polar surface area (TPSA) is 82.8 Å². The number of fused-ring (bicyclic) bond motifs is 1. The molecule has 176 valence electrons. The number of thiophene rings is 1. The highest BCUT2D eigenvalue weighted by molar-refractivity contribution is 7.17. The molecule has 0 aliphatic rings. The van der Waals surface area contributed by atoms with Gasteiger partial charge in [-0.1, -0.05) is 30.4 Å². The van der Waals surface area contributed by atoms with E-state index in [9.17, 15) is 9.90 Å². The molecule has 4 rings (SSSR count). The number of methoxy groups -OCH3 is 2. The van der Waals surface area contributed by atoms with Crippen molar-refractivity contribution < 1.29 is 19.3 Å². The van der Waals surface area contributed by atoms with Crippen LogP contribution in [0.3, 0.4) is 0 Å². The first-order valence-electron chi connectivity index (χ1n) is 10.8. The van der Waals surface area contributed by atoms with Gasteiger partial charge >= 0.3 is 0 Å². The minimum Gasteiger partial charge on any atom is -0.497 e. The standard InChI is InChI=1S/C26H26N2O5S/c1-4-5-17-6-11-22(23(12-17)32-3)33-14-19(29)13-28-16-27-25-24(26(28)30)21(15-34-25)18-7-9-20(31-2)10-8-18/h4-12,15-16,19,29H,13-14H2,1-3H3/b5-4+. The fraction of sp³-hybridized carbons (Fsp3) is 0.231. The van der Waals surface area contributed by atoms with Gasteiger partial charge in [0, 0.05) is 10.9 Å². The maximum Gasteiger partial charge on any atom is 0.262 e. The van der Waals surface area contributed by atoms with Crippen molar-refractivity contribution in [1.82, 2.24) is 9.55 Å². The van der Waals surface area contributed by atoms with Crippen LogP contribution >= 0.6 is 11.3 Å². The highest BCUT2D eigenvalue weighted by Gasteiger charge is 2.16. The molecule has 2 aromatic heterocycles. The van der Waals surface area contributed by atoms with Gasteiger partial charge in [-0.3, -0.25) is 9.36 Å². The van der Waals surface area contributed by atoms with Crippen LogP contribution in [0.2, 0.25) is 0 Å². The van der Waals surface area contributed by atoms with Crippen molar-refractivity contribution in [2.24, 2.45) is 0 Å². The molecule has 0 saturated carbocycles. The highest BCUT2D eigenvalue weighted by Crippen LogP contribution is 2.32. The lowest BCUT2D eigenvalue weighted by Crippen LogP contribution is -2.30. The number of nitrogens with zero attached hydrogens (tertiary/aromatic N) is 2. The first kappa shape index (κ1) is 23.5. The van der Waals surface area contributed by atoms with Gasteiger partial charge in [-0.2, -0.15) is 0 Å². The molecular formula is C26H26N2O5S. The van der Waals surface area contributed by atoms with Gasteiger partial charge < -0.3 is 19.3 Å². The zero-order valence-corrected chi connectivity index (χ0v) is 20.0. The molecule has 1 unspecified atom stereocenters. The first-order chi connectivity index (χ1) is 16.5. The van der Waals surface area contributed by atoms with Crippen molar-refractivity contribution in [3.05, 3.63) is 76.2 Å². The molecule has 0 spiro atoms. The summed E-state index contributed by atoms with van der Waals surface area (Å²) >= 11 is 1.42. The molecule has 7 nitrogen and oxygen atoms in total. The van der Waals surface area contributed by atoms with E-state index in [0.29, 0.717) is 21.7 Å². The Morgan fingerprint density at radius 3 is 2.62 bits per heavy atom. The van der Waals surface area contributed by atoms with Crippen molar-refractivity contribution in [2.45, 2.75) is 19.6 Å². The van der Waals surface area contributed by atoms with Gasteiger partial charge in [-0.25, -0.2) is 4.98 Å². The molecule has 4 aromatic rings. The third-order valence-electron chi connectivity index (χ3n) is 5.35. The first-order valence-corrected chi connectivity index (χ1v) is 11.6. The Morgan fingerprint density at radius 1 is 1.12 bits per heavy atom. The zero-order chi connectivity index (χ0) is 24.1. The fourth-order valence-corrected chi connectivity index (χ4v) is 4.55. The van der Waals surface area contributed by atoms with E-state index in [0.717, 1.165) is 22.4 Å². The lowest BCUT2D eigenvalue weighted by atomic mass is 10.1. The summed E-state index contributed by atoms with van der Waals surface area (Å²) in [7, 11) is 3.18. The second kappa shape index (κ2) is 10.5. The highest BCUT2D eigenvalue weighted by atomic mass is 32.1. The van der Waals surface area contributed by atoms with E-state index >= 15 is 0 Å². The predicted octanol–water partition coefficient (Wildman–Crippen LogP) is 4.62. The van der Waals surface area contributed by atoms with E-state index in [1.54, 1.807) is 20.3 Å². The second-order valence-electron chi connectivity index (χ2n) is 7.64. The summed E-state index contributed by atoms with van der Waals surface area (Å²) in [5, 5.41) is 13.0. The molecule has 2 heterocycles. The van der Waals surface area contributed by atoms with Crippen LogP contribution in [-0.2, 0) is 6.54 Å². The van der Waals surface area contributed by atoms with Gasteiger partial charge in [0.2, 0.25) is 0 Å². The van der Waals surface area contributed by atoms with E-state index in [1.807, 2.05) is 60.9 Å². The second-order valence-corrected chi connectivity index (χ2v) is 8.49. The Bertz CT molecular complexity index is 1360. The van der Waals surface area contributed by atoms with Crippen molar-refractivity contribution in [1.29, 1.82) is 0 Å². The molecule has 0 fully saturated rings. The Balaban J connectivity index is 1.52. The van der Waals surface area contributed by atoms with Crippen LogP contribution in [0.25, 0.3) is 27.4 Å². The Labute approximate surface area is 201 Å². The molecule has 34 heavy (non-hydrogen) atoms. The fourth-order valence-electron chi connectivity index (χ4n) is 3.65. The molecule has 0 bridgehead atoms. The molecule has 0 amide bonds. The Morgan fingerprint density at radius 2 is 1.91 bits per heavy atom. The van der Waals surface area contributed by atoms with Crippen LogP contribution in [0.15, 0.2) is 65.0 Å². The van der Waals surface area contributed by atoms with Gasteiger partial charge in [-0.15, -0.1) is 11.3 Å². The lowest BCUT2D eigenvalue weighted by Gasteiger charge is -2.16. The molecule has 0 aliphatic carbocycles. The average molecular weight is 479 g/mol. The minimum absolute atomic E-state index is 0.00122. The van der Waals surface area contributed by atoms with E-state index in [-0.39, 0.29) is 18.7 Å². The summed E-state index contributed by atoms with van der Waals surface area (Å²) in [5.74, 6) is 1.84. The number of aliphatic hydroxyl groups excluding tert-OH is 1. The number of aliphatic hydroxyl groups is 1. The molecule has 1 N–H and O–H groups in total. The van der Waals surface area contributed by atoms with Crippen LogP contribution in [0.4, 0.5) is 0 Å². The number of benzene rings is 2. The molecule has 0 radical (unpaired) electrons. The van der Waals surface area contributed by atoms with Crippen LogP contribution in [0.5, 0.6) is 17.2 Å². The maximum atomic E-state index is 13.2. The van der Waals surface area contributed by atoms with Crippen molar-refractivity contribution in [2.75, 3.05) is 20.8 Å². The third-order valence-corrected chi connectivity index (χ3v) is 6.23. The van der Waals surface area contributed by atoms with E-state index < -0.39 is 6.10 Å². The third kappa shape index (κ3) is 4.98. The van der Waals surface area contributed by atoms with Gasteiger partial charge in [0.1, 0.15) is 23.3 Å². The van der Waals surface area contributed by atoms with Gasteiger partial charge in [0.15, 0.2) is 11.5 Å². The number of allylic oxidation sites excluding steroid dienone is 1. The van der Waals surface area contributed by atoms with Crippen LogP contribution in [-0.4, -0.2) is 41.6 Å². The SMILES string of the molecule is C/C=C/c1ccc(OCC(O)Cn2cnc3scc(-c4ccc(OC)cc4)c3c2=O)c(OC)c1. The van der Waals surface area contributed by atoms with Crippen molar-refractivity contribution >= 4 is 27.6 Å². The van der Waals surface area contributed by atoms with Crippen molar-refractivity contribution in [3.8, 4) is 28.4 Å². The van der Waals surface area contributed by atoms with E-state index in [2.05, 4.69) is 4.98 Å². The van der Waals surface area contributed by atoms with Gasteiger partial charge in [0.25, 0.3) is 5.56 Å². The van der Waals surface area contributed by atoms with Gasteiger partial charge in [0.05, 0.1) is 32.5 Å². The molecule has 0 saturated heterocycles. The number of hydrogen-bond donors (Lipinski definition) is 1. The molecule has 8 heteroatoms. The van der Waals surface area contributed by atoms with E-state index in [1.165, 1.54) is 22.2 Å². The van der Waals surface area contributed by atoms with Gasteiger partial charge in [-0.05, 0) is 42.3 Å². The predicted molar refractivity (Wildman–Crippen MR) is 135 cm³/mol. The summed E-state index contributed by atoms with van der Waals surface area (Å²) < 4.78 is 17.8.